The first-order valence-corrected chi connectivity index (χ1v) is 11.2. The third kappa shape index (κ3) is 7.26. The fraction of sp³-hybridized carbons (Fsp3) is 0.409. The van der Waals surface area contributed by atoms with E-state index in [-0.39, 0.29) is 25.7 Å². The van der Waals surface area contributed by atoms with Crippen LogP contribution in [-0.2, 0) is 27.0 Å². The first-order chi connectivity index (χ1) is 16.3. The van der Waals surface area contributed by atoms with E-state index in [2.05, 4.69) is 9.97 Å². The molecule has 0 fully saturated rings. The largest absolute Gasteiger partial charge is 0.510 e. The lowest BCUT2D eigenvalue weighted by molar-refractivity contribution is -0.153. The van der Waals surface area contributed by atoms with Crippen LogP contribution < -0.4 is 4.74 Å². The van der Waals surface area contributed by atoms with Gasteiger partial charge in [0.1, 0.15) is 12.4 Å². The summed E-state index contributed by atoms with van der Waals surface area (Å²) in [5, 5.41) is 0.421. The van der Waals surface area contributed by atoms with E-state index in [1.165, 1.54) is 12.3 Å². The summed E-state index contributed by atoms with van der Waals surface area (Å²) in [6.07, 6.45) is -2.23. The number of hydrogen-bond donors (Lipinski definition) is 0. The maximum atomic E-state index is 12.5. The van der Waals surface area contributed by atoms with Gasteiger partial charge in [-0.3, -0.25) is 9.55 Å². The summed E-state index contributed by atoms with van der Waals surface area (Å²) in [4.78, 5) is 20.5. The van der Waals surface area contributed by atoms with Gasteiger partial charge in [0.15, 0.2) is 18.5 Å². The summed E-state index contributed by atoms with van der Waals surface area (Å²) in [6, 6.07) is 8.66. The number of unbranched alkanes of at least 4 members (excludes halogenated alkanes) is 1. The second kappa shape index (κ2) is 11.9. The number of hydrogen-bond acceptors (Lipinski definition) is 8. The van der Waals surface area contributed by atoms with Gasteiger partial charge in [-0.2, -0.15) is 13.2 Å². The van der Waals surface area contributed by atoms with Crippen LogP contribution in [0.15, 0.2) is 41.7 Å². The molecule has 3 rings (SSSR count). The highest BCUT2D eigenvalue weighted by atomic mass is 32.2. The van der Waals surface area contributed by atoms with E-state index < -0.39 is 18.9 Å². The van der Waals surface area contributed by atoms with Gasteiger partial charge in [0.2, 0.25) is 0 Å². The van der Waals surface area contributed by atoms with Crippen LogP contribution in [0.5, 0.6) is 5.75 Å². The van der Waals surface area contributed by atoms with Crippen molar-refractivity contribution in [3.05, 3.63) is 47.8 Å². The Morgan fingerprint density at radius 3 is 2.74 bits per heavy atom. The molecule has 34 heavy (non-hydrogen) atoms. The number of carbonyl (C=O) groups is 1. The van der Waals surface area contributed by atoms with Gasteiger partial charge in [0.05, 0.1) is 35.4 Å². The van der Waals surface area contributed by atoms with Crippen molar-refractivity contribution in [3.8, 4) is 5.75 Å². The molecule has 2 aromatic heterocycles. The molecule has 0 aliphatic carbocycles. The number of aromatic nitrogens is 3. The molecule has 0 unspecified atom stereocenters. The number of ether oxygens (including phenoxy) is 3. The predicted molar refractivity (Wildman–Crippen MR) is 118 cm³/mol. The Labute approximate surface area is 198 Å². The molecule has 0 atom stereocenters. The Morgan fingerprint density at radius 2 is 1.97 bits per heavy atom. The van der Waals surface area contributed by atoms with Gasteiger partial charge >= 0.3 is 12.3 Å². The van der Waals surface area contributed by atoms with Crippen LogP contribution in [0.3, 0.4) is 0 Å². The van der Waals surface area contributed by atoms with E-state index in [0.717, 1.165) is 30.4 Å². The minimum Gasteiger partial charge on any atom is -0.484 e. The van der Waals surface area contributed by atoms with Crippen molar-refractivity contribution in [2.24, 2.45) is 0 Å². The van der Waals surface area contributed by atoms with Crippen molar-refractivity contribution in [2.45, 2.75) is 51.4 Å². The number of halogens is 3. The molecule has 12 heteroatoms. The van der Waals surface area contributed by atoms with E-state index in [1.807, 2.05) is 31.2 Å². The first-order valence-electron chi connectivity index (χ1n) is 10.5. The zero-order valence-electron chi connectivity index (χ0n) is 18.6. The van der Waals surface area contributed by atoms with Crippen LogP contribution in [0, 0.1) is 6.92 Å². The molecule has 0 aliphatic rings. The average molecular weight is 500 g/mol. The molecule has 184 valence electrons. The molecule has 0 spiro atoms. The molecule has 0 saturated carbocycles. The standard InChI is InChI=1S/C22H24F3N3O5S/c1-3-4-11-30-21(29)32-14-28-18-8-6-5-7-16(18)27-20(28)34-33-12-17-15(2)19(9-10-26-17)31-13-22(23,24)25/h5-10H,3-4,11-14H2,1-2H3. The van der Waals surface area contributed by atoms with E-state index in [4.69, 9.17) is 18.4 Å². The average Bonchev–Trinajstić information content (AvgIpc) is 3.15. The van der Waals surface area contributed by atoms with Crippen molar-refractivity contribution in [1.29, 1.82) is 0 Å². The predicted octanol–water partition coefficient (Wildman–Crippen LogP) is 5.82. The van der Waals surface area contributed by atoms with E-state index in [1.54, 1.807) is 11.5 Å². The van der Waals surface area contributed by atoms with Crippen molar-refractivity contribution >= 4 is 29.2 Å². The first kappa shape index (κ1) is 25.6. The summed E-state index contributed by atoms with van der Waals surface area (Å²) in [5.74, 6) is 0.0816. The molecule has 2 heterocycles. The molecule has 3 aromatic rings. The van der Waals surface area contributed by atoms with Crippen molar-refractivity contribution in [2.75, 3.05) is 13.2 Å². The fourth-order valence-electron chi connectivity index (χ4n) is 2.86. The van der Waals surface area contributed by atoms with Gasteiger partial charge < -0.3 is 18.4 Å². The van der Waals surface area contributed by atoms with Crippen molar-refractivity contribution in [1.82, 2.24) is 14.5 Å². The molecule has 0 amide bonds. The summed E-state index contributed by atoms with van der Waals surface area (Å²) < 4.78 is 59.8. The Morgan fingerprint density at radius 1 is 1.18 bits per heavy atom. The lowest BCUT2D eigenvalue weighted by Crippen LogP contribution is -2.19. The molecule has 0 aliphatic heterocycles. The number of rotatable bonds is 11. The summed E-state index contributed by atoms with van der Waals surface area (Å²) in [7, 11) is 0. The van der Waals surface area contributed by atoms with Crippen molar-refractivity contribution < 1.29 is 36.4 Å². The lowest BCUT2D eigenvalue weighted by Gasteiger charge is -2.13. The second-order valence-electron chi connectivity index (χ2n) is 7.17. The van der Waals surface area contributed by atoms with Gasteiger partial charge in [-0.05, 0) is 31.5 Å². The Kier molecular flexibility index (Phi) is 8.99. The van der Waals surface area contributed by atoms with Crippen LogP contribution in [0.4, 0.5) is 18.0 Å². The zero-order valence-corrected chi connectivity index (χ0v) is 19.4. The number of nitrogens with zero attached hydrogens (tertiary/aromatic N) is 3. The highest BCUT2D eigenvalue weighted by Gasteiger charge is 2.28. The maximum absolute atomic E-state index is 12.5. The summed E-state index contributed by atoms with van der Waals surface area (Å²) >= 11 is 0.932. The third-order valence-electron chi connectivity index (χ3n) is 4.63. The minimum absolute atomic E-state index is 0.0111. The Bertz CT molecular complexity index is 1110. The highest BCUT2D eigenvalue weighted by molar-refractivity contribution is 7.94. The molecule has 0 saturated heterocycles. The fourth-order valence-corrected chi connectivity index (χ4v) is 3.51. The maximum Gasteiger partial charge on any atom is 0.510 e. The van der Waals surface area contributed by atoms with Gasteiger partial charge in [0, 0.05) is 11.8 Å². The number of carbonyl (C=O) groups excluding carboxylic acids is 1. The molecule has 1 aromatic carbocycles. The number of imidazole rings is 1. The summed E-state index contributed by atoms with van der Waals surface area (Å²) in [6.45, 7) is 2.34. The third-order valence-corrected chi connectivity index (χ3v) is 5.32. The normalized spacial score (nSPS) is 11.6. The number of benzene rings is 1. The monoisotopic (exact) mass is 499 g/mol. The Balaban J connectivity index is 1.65. The topological polar surface area (TPSA) is 84.7 Å². The quantitative estimate of drug-likeness (QED) is 0.186. The molecule has 0 radical (unpaired) electrons. The minimum atomic E-state index is -4.44. The number of alkyl halides is 3. The molecular weight excluding hydrogens is 475 g/mol. The van der Waals surface area contributed by atoms with Gasteiger partial charge in [-0.15, -0.1) is 0 Å². The smallest absolute Gasteiger partial charge is 0.484 e. The lowest BCUT2D eigenvalue weighted by atomic mass is 10.2. The number of fused-ring (bicyclic) bond motifs is 1. The van der Waals surface area contributed by atoms with Gasteiger partial charge in [-0.25, -0.2) is 9.78 Å². The summed E-state index contributed by atoms with van der Waals surface area (Å²) in [5.41, 5.74) is 2.27. The number of para-hydroxylation sites is 2. The van der Waals surface area contributed by atoms with E-state index >= 15 is 0 Å². The number of pyridine rings is 1. The highest BCUT2D eigenvalue weighted by Crippen LogP contribution is 2.28. The van der Waals surface area contributed by atoms with E-state index in [9.17, 15) is 18.0 Å². The van der Waals surface area contributed by atoms with Crippen LogP contribution in [-0.4, -0.2) is 40.1 Å². The second-order valence-corrected chi connectivity index (χ2v) is 7.93. The van der Waals surface area contributed by atoms with Gasteiger partial charge in [0.25, 0.3) is 0 Å². The van der Waals surface area contributed by atoms with Crippen LogP contribution in [0.25, 0.3) is 11.0 Å². The van der Waals surface area contributed by atoms with Gasteiger partial charge in [-0.1, -0.05) is 25.5 Å². The molecule has 8 nitrogen and oxygen atoms in total. The molecule has 0 bridgehead atoms. The molecular formula is C22H24F3N3O5S. The zero-order chi connectivity index (χ0) is 24.6. The van der Waals surface area contributed by atoms with E-state index in [0.29, 0.717) is 21.9 Å². The SMILES string of the molecule is CCCCOC(=O)OCn1c(SOCc2nccc(OCC(F)(F)F)c2C)nc2ccccc21. The Hall–Kier alpha value is -2.99. The van der Waals surface area contributed by atoms with Crippen LogP contribution in [0.1, 0.15) is 31.0 Å². The van der Waals surface area contributed by atoms with Crippen LogP contribution in [0.2, 0.25) is 0 Å². The molecule has 0 N–H and O–H groups in total. The van der Waals surface area contributed by atoms with Crippen molar-refractivity contribution in [3.63, 3.8) is 0 Å². The van der Waals surface area contributed by atoms with Crippen LogP contribution >= 0.6 is 12.0 Å².